The van der Waals surface area contributed by atoms with Gasteiger partial charge in [-0.3, -0.25) is 14.4 Å². The summed E-state index contributed by atoms with van der Waals surface area (Å²) in [5.41, 5.74) is 0.534. The molecule has 0 bridgehead atoms. The van der Waals surface area contributed by atoms with Crippen molar-refractivity contribution in [3.05, 3.63) is 22.4 Å². The maximum Gasteiger partial charge on any atom is 0.262 e. The summed E-state index contributed by atoms with van der Waals surface area (Å²) in [5, 5.41) is 4.62. The lowest BCUT2D eigenvalue weighted by molar-refractivity contribution is 0.221. The maximum absolute atomic E-state index is 11.9. The quantitative estimate of drug-likeness (QED) is 0.887. The lowest BCUT2D eigenvalue weighted by atomic mass is 10.2. The number of hydrogen-bond donors (Lipinski definition) is 1. The fourth-order valence-electron chi connectivity index (χ4n) is 2.47. The van der Waals surface area contributed by atoms with Gasteiger partial charge in [-0.2, -0.15) is 5.10 Å². The van der Waals surface area contributed by atoms with Gasteiger partial charge < -0.3 is 4.98 Å². The Kier molecular flexibility index (Phi) is 2.89. The van der Waals surface area contributed by atoms with Crippen LogP contribution in [0.25, 0.3) is 11.0 Å². The minimum absolute atomic E-state index is 0.111. The van der Waals surface area contributed by atoms with E-state index in [4.69, 9.17) is 0 Å². The summed E-state index contributed by atoms with van der Waals surface area (Å²) >= 11 is 0. The molecule has 0 amide bonds. The van der Waals surface area contributed by atoms with E-state index >= 15 is 0 Å². The first-order chi connectivity index (χ1) is 9.06. The molecule has 3 rings (SSSR count). The summed E-state index contributed by atoms with van der Waals surface area (Å²) in [6.45, 7) is 2.90. The number of rotatable bonds is 4. The summed E-state index contributed by atoms with van der Waals surface area (Å²) in [6.07, 6.45) is 4.19. The lowest BCUT2D eigenvalue weighted by Gasteiger charge is -2.23. The molecule has 0 aliphatic heterocycles. The number of hydrogen-bond acceptors (Lipinski definition) is 4. The van der Waals surface area contributed by atoms with Crippen molar-refractivity contribution in [3.63, 3.8) is 0 Å². The normalized spacial score (nSPS) is 17.3. The van der Waals surface area contributed by atoms with Gasteiger partial charge in [-0.15, -0.1) is 0 Å². The molecule has 0 unspecified atom stereocenters. The molecule has 0 aromatic carbocycles. The number of H-pyrrole nitrogens is 1. The third-order valence-electron chi connectivity index (χ3n) is 4.05. The van der Waals surface area contributed by atoms with Crippen LogP contribution in [0, 0.1) is 5.92 Å². The molecule has 6 heteroatoms. The van der Waals surface area contributed by atoms with Crippen LogP contribution in [-0.2, 0) is 13.6 Å². The number of aryl methyl sites for hydroxylation is 1. The largest absolute Gasteiger partial charge is 0.309 e. The van der Waals surface area contributed by atoms with Crippen LogP contribution in [0.3, 0.4) is 0 Å². The van der Waals surface area contributed by atoms with Gasteiger partial charge in [-0.1, -0.05) is 0 Å². The highest BCUT2D eigenvalue weighted by atomic mass is 16.1. The smallest absolute Gasteiger partial charge is 0.262 e. The summed E-state index contributed by atoms with van der Waals surface area (Å²) in [6, 6.07) is 0.535. The lowest BCUT2D eigenvalue weighted by Crippen LogP contribution is -2.31. The number of aromatic amines is 1. The van der Waals surface area contributed by atoms with Crippen molar-refractivity contribution >= 4 is 11.0 Å². The van der Waals surface area contributed by atoms with E-state index in [1.54, 1.807) is 17.9 Å². The highest BCUT2D eigenvalue weighted by Crippen LogP contribution is 2.34. The molecule has 0 spiro atoms. The molecule has 2 heterocycles. The Balaban J connectivity index is 1.88. The molecular formula is C13H19N5O. The molecule has 2 aromatic heterocycles. The van der Waals surface area contributed by atoms with Crippen molar-refractivity contribution in [3.8, 4) is 0 Å². The van der Waals surface area contributed by atoms with Crippen LogP contribution in [0.1, 0.15) is 25.6 Å². The van der Waals surface area contributed by atoms with Gasteiger partial charge in [0.1, 0.15) is 11.2 Å². The van der Waals surface area contributed by atoms with Crippen LogP contribution >= 0.6 is 0 Å². The molecule has 0 saturated heterocycles. The average molecular weight is 261 g/mol. The van der Waals surface area contributed by atoms with E-state index in [1.165, 1.54) is 12.8 Å². The first-order valence-electron chi connectivity index (χ1n) is 6.67. The van der Waals surface area contributed by atoms with E-state index in [9.17, 15) is 4.79 Å². The second-order valence-electron chi connectivity index (χ2n) is 5.51. The fraction of sp³-hybridized carbons (Fsp3) is 0.615. The van der Waals surface area contributed by atoms with Gasteiger partial charge in [-0.05, 0) is 32.7 Å². The molecular weight excluding hydrogens is 242 g/mol. The highest BCUT2D eigenvalue weighted by Gasteiger charge is 2.30. The minimum atomic E-state index is -0.111. The van der Waals surface area contributed by atoms with Crippen LogP contribution in [0.15, 0.2) is 11.0 Å². The molecule has 102 valence electrons. The van der Waals surface area contributed by atoms with Gasteiger partial charge >= 0.3 is 0 Å². The zero-order valence-corrected chi connectivity index (χ0v) is 11.6. The number of nitrogens with zero attached hydrogens (tertiary/aromatic N) is 4. The molecule has 2 aromatic rings. The number of fused-ring (bicyclic) bond motifs is 1. The third kappa shape index (κ3) is 2.28. The van der Waals surface area contributed by atoms with Crippen LogP contribution in [0.4, 0.5) is 0 Å². The predicted molar refractivity (Wildman–Crippen MR) is 72.8 cm³/mol. The van der Waals surface area contributed by atoms with E-state index < -0.39 is 0 Å². The third-order valence-corrected chi connectivity index (χ3v) is 4.05. The van der Waals surface area contributed by atoms with Crippen molar-refractivity contribution in [1.82, 2.24) is 24.6 Å². The van der Waals surface area contributed by atoms with Gasteiger partial charge in [0, 0.05) is 13.1 Å². The molecule has 1 aliphatic rings. The summed E-state index contributed by atoms with van der Waals surface area (Å²) in [7, 11) is 3.88. The van der Waals surface area contributed by atoms with E-state index in [0.29, 0.717) is 29.4 Å². The SMILES string of the molecule is C[C@@H](C1CC1)N(C)Cc1nc2c(cnn2C)c(=O)[nH]1. The average Bonchev–Trinajstić information content (AvgIpc) is 3.14. The zero-order valence-electron chi connectivity index (χ0n) is 11.6. The number of nitrogens with one attached hydrogen (secondary N) is 1. The van der Waals surface area contributed by atoms with Gasteiger partial charge in [-0.25, -0.2) is 4.98 Å². The Labute approximate surface area is 111 Å². The van der Waals surface area contributed by atoms with Crippen molar-refractivity contribution < 1.29 is 0 Å². The van der Waals surface area contributed by atoms with E-state index in [1.807, 2.05) is 0 Å². The molecule has 1 saturated carbocycles. The highest BCUT2D eigenvalue weighted by molar-refractivity contribution is 5.72. The first kappa shape index (κ1) is 12.3. The second-order valence-corrected chi connectivity index (χ2v) is 5.51. The molecule has 19 heavy (non-hydrogen) atoms. The van der Waals surface area contributed by atoms with Crippen molar-refractivity contribution in [2.75, 3.05) is 7.05 Å². The number of aromatic nitrogens is 4. The molecule has 1 fully saturated rings. The summed E-state index contributed by atoms with van der Waals surface area (Å²) in [4.78, 5) is 21.5. The molecule has 6 nitrogen and oxygen atoms in total. The minimum Gasteiger partial charge on any atom is -0.309 e. The van der Waals surface area contributed by atoms with Crippen LogP contribution in [0.2, 0.25) is 0 Å². The Hall–Kier alpha value is -1.69. The Morgan fingerprint density at radius 1 is 1.58 bits per heavy atom. The molecule has 1 atom stereocenters. The Morgan fingerprint density at radius 3 is 3.00 bits per heavy atom. The Morgan fingerprint density at radius 2 is 2.32 bits per heavy atom. The summed E-state index contributed by atoms with van der Waals surface area (Å²) in [5.74, 6) is 1.51. The predicted octanol–water partition coefficient (Wildman–Crippen LogP) is 0.887. The first-order valence-corrected chi connectivity index (χ1v) is 6.67. The fourth-order valence-corrected chi connectivity index (χ4v) is 2.47. The molecule has 0 radical (unpaired) electrons. The van der Waals surface area contributed by atoms with Crippen molar-refractivity contribution in [2.45, 2.75) is 32.4 Å². The van der Waals surface area contributed by atoms with Gasteiger partial charge in [0.15, 0.2) is 5.65 Å². The molecule has 1 aliphatic carbocycles. The monoisotopic (exact) mass is 261 g/mol. The van der Waals surface area contributed by atoms with Crippen LogP contribution in [-0.4, -0.2) is 37.7 Å². The summed E-state index contributed by atoms with van der Waals surface area (Å²) < 4.78 is 1.64. The Bertz CT molecular complexity index is 655. The van der Waals surface area contributed by atoms with Crippen molar-refractivity contribution in [1.29, 1.82) is 0 Å². The van der Waals surface area contributed by atoms with Gasteiger partial charge in [0.05, 0.1) is 12.7 Å². The van der Waals surface area contributed by atoms with Crippen molar-refractivity contribution in [2.24, 2.45) is 13.0 Å². The van der Waals surface area contributed by atoms with Gasteiger partial charge in [0.25, 0.3) is 5.56 Å². The van der Waals surface area contributed by atoms with Crippen LogP contribution in [0.5, 0.6) is 0 Å². The van der Waals surface area contributed by atoms with E-state index in [2.05, 4.69) is 33.9 Å². The zero-order chi connectivity index (χ0) is 13.6. The van der Waals surface area contributed by atoms with Gasteiger partial charge in [0.2, 0.25) is 0 Å². The van der Waals surface area contributed by atoms with E-state index in [0.717, 1.165) is 5.92 Å². The van der Waals surface area contributed by atoms with Crippen LogP contribution < -0.4 is 5.56 Å². The maximum atomic E-state index is 11.9. The topological polar surface area (TPSA) is 66.8 Å². The second kappa shape index (κ2) is 4.45. The molecule has 1 N–H and O–H groups in total. The standard InChI is InChI=1S/C13H19N5O/c1-8(9-4-5-9)17(2)7-11-15-12-10(13(19)16-11)6-14-18(12)3/h6,8-9H,4-5,7H2,1-3H3,(H,15,16,19)/t8-/m0/s1. The van der Waals surface area contributed by atoms with E-state index in [-0.39, 0.29) is 5.56 Å².